The number of hydrogen-bond acceptors (Lipinski definition) is 7. The number of dihydropyridines is 1. The van der Waals surface area contributed by atoms with Crippen molar-refractivity contribution in [3.05, 3.63) is 99.9 Å². The molecule has 0 saturated heterocycles. The fourth-order valence-corrected chi connectivity index (χ4v) is 6.01. The van der Waals surface area contributed by atoms with E-state index >= 15 is 0 Å². The first-order chi connectivity index (χ1) is 19.9. The molecule has 1 aliphatic carbocycles. The molecule has 41 heavy (non-hydrogen) atoms. The van der Waals surface area contributed by atoms with Gasteiger partial charge < -0.3 is 29.6 Å². The molecule has 2 unspecified atom stereocenters. The van der Waals surface area contributed by atoms with Gasteiger partial charge in [0.1, 0.15) is 0 Å². The second-order valence-electron chi connectivity index (χ2n) is 10.5. The maximum absolute atomic E-state index is 14.0. The molecule has 1 amide bonds. The number of allylic oxidation sites excluding steroid dienone is 3. The summed E-state index contributed by atoms with van der Waals surface area (Å²) in [4.78, 5) is 28.0. The normalized spacial score (nSPS) is 19.5. The van der Waals surface area contributed by atoms with Crippen molar-refractivity contribution >= 4 is 17.4 Å². The minimum atomic E-state index is -0.566. The van der Waals surface area contributed by atoms with Crippen molar-refractivity contribution in [2.45, 2.75) is 38.5 Å². The summed E-state index contributed by atoms with van der Waals surface area (Å²) in [5.41, 5.74) is 6.13. The van der Waals surface area contributed by atoms with Gasteiger partial charge in [0, 0.05) is 40.6 Å². The number of methoxy groups -OCH3 is 2. The molecule has 6 rings (SSSR count). The molecule has 2 heterocycles. The molecule has 2 aliphatic heterocycles. The number of aryl methyl sites for hydroxylation is 1. The fraction of sp³-hybridized carbons (Fsp3) is 0.273. The zero-order valence-electron chi connectivity index (χ0n) is 23.5. The van der Waals surface area contributed by atoms with Crippen LogP contribution in [0.5, 0.6) is 23.0 Å². The maximum Gasteiger partial charge on any atom is 0.254 e. The topological polar surface area (TPSA) is 95.1 Å². The highest BCUT2D eigenvalue weighted by molar-refractivity contribution is 6.10. The number of fused-ring (bicyclic) bond motifs is 1. The Morgan fingerprint density at radius 3 is 2.44 bits per heavy atom. The monoisotopic (exact) mass is 552 g/mol. The van der Waals surface area contributed by atoms with Gasteiger partial charge in [0.25, 0.3) is 5.91 Å². The number of benzene rings is 3. The molecule has 0 radical (unpaired) electrons. The molecular weight excluding hydrogens is 520 g/mol. The van der Waals surface area contributed by atoms with E-state index in [1.165, 1.54) is 0 Å². The number of hydrogen-bond donors (Lipinski definition) is 2. The molecule has 210 valence electrons. The quantitative estimate of drug-likeness (QED) is 0.403. The number of Topliss-reactive ketones (excluding diaryl/α,β-unsaturated/α-hetero) is 1. The highest BCUT2D eigenvalue weighted by Gasteiger charge is 2.41. The van der Waals surface area contributed by atoms with Gasteiger partial charge in [-0.3, -0.25) is 9.59 Å². The van der Waals surface area contributed by atoms with Gasteiger partial charge in [-0.2, -0.15) is 0 Å². The molecule has 0 saturated carbocycles. The molecule has 3 aliphatic rings. The first-order valence-corrected chi connectivity index (χ1v) is 13.6. The molecule has 2 atom stereocenters. The van der Waals surface area contributed by atoms with Gasteiger partial charge in [0.15, 0.2) is 28.8 Å². The van der Waals surface area contributed by atoms with Crippen LogP contribution in [0.25, 0.3) is 0 Å². The molecular formula is C33H32N2O6. The Labute approximate surface area is 238 Å². The number of nitrogens with one attached hydrogen (secondary N) is 2. The van der Waals surface area contributed by atoms with Crippen molar-refractivity contribution in [3.8, 4) is 23.0 Å². The summed E-state index contributed by atoms with van der Waals surface area (Å²) in [5.74, 6) is 1.63. The summed E-state index contributed by atoms with van der Waals surface area (Å²) >= 11 is 0. The molecule has 3 aromatic carbocycles. The number of ether oxygens (including phenoxy) is 4. The van der Waals surface area contributed by atoms with Gasteiger partial charge in [-0.1, -0.05) is 30.3 Å². The Kier molecular flexibility index (Phi) is 6.91. The van der Waals surface area contributed by atoms with E-state index in [0.717, 1.165) is 28.1 Å². The third kappa shape index (κ3) is 4.79. The van der Waals surface area contributed by atoms with Crippen LogP contribution >= 0.6 is 0 Å². The lowest BCUT2D eigenvalue weighted by Crippen LogP contribution is -2.37. The number of carbonyl (C=O) groups is 2. The van der Waals surface area contributed by atoms with Crippen molar-refractivity contribution < 1.29 is 28.5 Å². The lowest BCUT2D eigenvalue weighted by molar-refractivity contribution is -0.116. The van der Waals surface area contributed by atoms with Gasteiger partial charge in [-0.25, -0.2) is 0 Å². The van der Waals surface area contributed by atoms with Crippen LogP contribution in [0.1, 0.15) is 48.3 Å². The first kappa shape index (κ1) is 26.5. The van der Waals surface area contributed by atoms with E-state index in [1.54, 1.807) is 14.2 Å². The minimum Gasteiger partial charge on any atom is -0.493 e. The molecule has 0 fully saturated rings. The van der Waals surface area contributed by atoms with Gasteiger partial charge in [-0.05, 0) is 73.2 Å². The lowest BCUT2D eigenvalue weighted by atomic mass is 9.71. The molecule has 0 spiro atoms. The Morgan fingerprint density at radius 1 is 0.902 bits per heavy atom. The molecule has 2 N–H and O–H groups in total. The third-order valence-electron chi connectivity index (χ3n) is 8.07. The zero-order valence-corrected chi connectivity index (χ0v) is 23.5. The maximum atomic E-state index is 14.0. The van der Waals surface area contributed by atoms with Crippen molar-refractivity contribution in [3.63, 3.8) is 0 Å². The SMILES string of the molecule is COc1ccc(C2CC(=O)C3=C(C2)NC(C)=C(C(=O)Nc2ccccc2C)C3c2ccc3c(c2)OCO3)cc1OC. The summed E-state index contributed by atoms with van der Waals surface area (Å²) in [6.45, 7) is 3.98. The van der Waals surface area contributed by atoms with E-state index in [1.807, 2.05) is 74.5 Å². The molecule has 8 heteroatoms. The van der Waals surface area contributed by atoms with Crippen molar-refractivity contribution in [1.82, 2.24) is 5.32 Å². The first-order valence-electron chi connectivity index (χ1n) is 13.6. The van der Waals surface area contributed by atoms with E-state index in [9.17, 15) is 9.59 Å². The van der Waals surface area contributed by atoms with E-state index in [0.29, 0.717) is 52.7 Å². The van der Waals surface area contributed by atoms with Gasteiger partial charge in [0.2, 0.25) is 6.79 Å². The van der Waals surface area contributed by atoms with Crippen LogP contribution in [0.2, 0.25) is 0 Å². The number of ketones is 1. The van der Waals surface area contributed by atoms with Crippen LogP contribution in [0.3, 0.4) is 0 Å². The highest BCUT2D eigenvalue weighted by atomic mass is 16.7. The van der Waals surface area contributed by atoms with Gasteiger partial charge >= 0.3 is 0 Å². The van der Waals surface area contributed by atoms with Crippen LogP contribution in [-0.2, 0) is 9.59 Å². The van der Waals surface area contributed by atoms with E-state index in [2.05, 4.69) is 10.6 Å². The molecule has 0 aromatic heterocycles. The number of anilines is 1. The second kappa shape index (κ2) is 10.7. The highest BCUT2D eigenvalue weighted by Crippen LogP contribution is 2.48. The molecule has 3 aromatic rings. The summed E-state index contributed by atoms with van der Waals surface area (Å²) in [6, 6.07) is 19.1. The number of carbonyl (C=O) groups excluding carboxylic acids is 2. The average molecular weight is 553 g/mol. The predicted octanol–water partition coefficient (Wildman–Crippen LogP) is 5.74. The fourth-order valence-electron chi connectivity index (χ4n) is 6.01. The van der Waals surface area contributed by atoms with E-state index in [-0.39, 0.29) is 24.4 Å². The van der Waals surface area contributed by atoms with Crippen LogP contribution in [0.4, 0.5) is 5.69 Å². The number of para-hydroxylation sites is 1. The standard InChI is InChI=1S/C33H32N2O6/c1-18-7-5-6-8-23(18)35-33(37)30-19(2)34-24-13-22(20-9-11-26(38-3)28(15-20)39-4)14-25(36)32(24)31(30)21-10-12-27-29(16-21)41-17-40-27/h5-12,15-16,22,31,34H,13-14,17H2,1-4H3,(H,35,37). The summed E-state index contributed by atoms with van der Waals surface area (Å²) in [7, 11) is 3.20. The Balaban J connectivity index is 1.41. The van der Waals surface area contributed by atoms with Crippen molar-refractivity contribution in [2.75, 3.05) is 26.3 Å². The summed E-state index contributed by atoms with van der Waals surface area (Å²) < 4.78 is 22.1. The average Bonchev–Trinajstić information content (AvgIpc) is 3.45. The number of amides is 1. The summed E-state index contributed by atoms with van der Waals surface area (Å²) in [5, 5.41) is 6.53. The Hall–Kier alpha value is -4.72. The van der Waals surface area contributed by atoms with Crippen LogP contribution in [0.15, 0.2) is 83.2 Å². The summed E-state index contributed by atoms with van der Waals surface area (Å²) in [6.07, 6.45) is 0.921. The predicted molar refractivity (Wildman–Crippen MR) is 155 cm³/mol. The Bertz CT molecular complexity index is 1620. The smallest absolute Gasteiger partial charge is 0.254 e. The van der Waals surface area contributed by atoms with Crippen LogP contribution in [0, 0.1) is 6.92 Å². The van der Waals surface area contributed by atoms with Gasteiger partial charge in [-0.15, -0.1) is 0 Å². The molecule has 8 nitrogen and oxygen atoms in total. The molecule has 0 bridgehead atoms. The Morgan fingerprint density at radius 2 is 1.66 bits per heavy atom. The van der Waals surface area contributed by atoms with E-state index < -0.39 is 5.92 Å². The number of rotatable bonds is 6. The largest absolute Gasteiger partial charge is 0.493 e. The van der Waals surface area contributed by atoms with Crippen LogP contribution < -0.4 is 29.6 Å². The lowest BCUT2D eigenvalue weighted by Gasteiger charge is -2.37. The minimum absolute atomic E-state index is 0.00473. The van der Waals surface area contributed by atoms with Crippen molar-refractivity contribution in [2.24, 2.45) is 0 Å². The third-order valence-corrected chi connectivity index (χ3v) is 8.07. The van der Waals surface area contributed by atoms with Crippen LogP contribution in [-0.4, -0.2) is 32.7 Å². The van der Waals surface area contributed by atoms with Crippen molar-refractivity contribution in [1.29, 1.82) is 0 Å². The van der Waals surface area contributed by atoms with E-state index in [4.69, 9.17) is 18.9 Å². The van der Waals surface area contributed by atoms with Gasteiger partial charge in [0.05, 0.1) is 14.2 Å². The second-order valence-corrected chi connectivity index (χ2v) is 10.5. The zero-order chi connectivity index (χ0) is 28.7.